The Balaban J connectivity index is 1.85. The Hall–Kier alpha value is -3.79. The van der Waals surface area contributed by atoms with Crippen molar-refractivity contribution < 1.29 is 18.3 Å². The van der Waals surface area contributed by atoms with Gasteiger partial charge in [0.25, 0.3) is 0 Å². The molecule has 2 amide bonds. The predicted molar refractivity (Wildman–Crippen MR) is 202 cm³/mol. The van der Waals surface area contributed by atoms with E-state index in [0.29, 0.717) is 30.0 Å². The molecule has 10 heteroatoms. The number of hydrogen-bond acceptors (Lipinski definition) is 6. The molecule has 4 unspecified atom stereocenters. The summed E-state index contributed by atoms with van der Waals surface area (Å²) in [4.78, 5) is 20.7. The Morgan fingerprint density at radius 3 is 2.58 bits per heavy atom. The van der Waals surface area contributed by atoms with Crippen LogP contribution in [0.5, 0.6) is 0 Å². The lowest BCUT2D eigenvalue weighted by atomic mass is 9.85. The smallest absolute Gasteiger partial charge is 0.320 e. The van der Waals surface area contributed by atoms with Gasteiger partial charge in [0.2, 0.25) is 0 Å². The monoisotopic (exact) mass is 694 g/mol. The fraction of sp³-hybridized carbons (Fsp3) is 0.575. The van der Waals surface area contributed by atoms with E-state index in [0.717, 1.165) is 81.2 Å². The van der Waals surface area contributed by atoms with Gasteiger partial charge in [0.1, 0.15) is 11.7 Å². The summed E-state index contributed by atoms with van der Waals surface area (Å²) in [6, 6.07) is -0.135. The quantitative estimate of drug-likeness (QED) is 0.0528. The Labute approximate surface area is 299 Å². The molecule has 276 valence electrons. The largest absolute Gasteiger partial charge is 0.381 e. The van der Waals surface area contributed by atoms with E-state index < -0.39 is 17.9 Å². The second kappa shape index (κ2) is 20.8. The predicted octanol–water partition coefficient (Wildman–Crippen LogP) is 9.09. The van der Waals surface area contributed by atoms with Crippen LogP contribution in [0.4, 0.5) is 13.6 Å². The fourth-order valence-corrected chi connectivity index (χ4v) is 6.42. The zero-order valence-electron chi connectivity index (χ0n) is 31.1. The minimum Gasteiger partial charge on any atom is -0.381 e. The molecule has 2 fully saturated rings. The standard InChI is InChI=1S/C40H60F2N6O2/c1-8-27(4)34-24-37(28(5)22-38(34)45-36(10-3)33-17-13-20-50-21-18-33)46-39(44-25-31-14-11-15-31)47-40(49)48(26-30(7)43)19-12-16-32(9-2)35(42)23-29(6)41/h8,16,22-25,33-34,36,39,43-44,46H,6,9-15,17-21,26H2,1-5,7H3,(H,47,49)/b27-8+,32-16-,35-23+,43-30?,45-38?. The summed E-state index contributed by atoms with van der Waals surface area (Å²) >= 11 is 0. The fourth-order valence-electron chi connectivity index (χ4n) is 6.42. The van der Waals surface area contributed by atoms with Crippen LogP contribution < -0.4 is 16.0 Å². The van der Waals surface area contributed by atoms with Gasteiger partial charge in [-0.25, -0.2) is 13.6 Å². The first-order valence-electron chi connectivity index (χ1n) is 18.3. The van der Waals surface area contributed by atoms with Gasteiger partial charge in [0, 0.05) is 48.9 Å². The molecule has 0 aromatic carbocycles. The molecule has 4 N–H and O–H groups in total. The van der Waals surface area contributed by atoms with Crippen molar-refractivity contribution in [3.05, 3.63) is 82.8 Å². The van der Waals surface area contributed by atoms with Crippen molar-refractivity contribution >= 4 is 17.5 Å². The number of aliphatic imine (C=N–C) groups is 1. The van der Waals surface area contributed by atoms with Crippen LogP contribution in [-0.2, 0) is 4.74 Å². The van der Waals surface area contributed by atoms with E-state index in [2.05, 4.69) is 68.5 Å². The Kier molecular flexibility index (Phi) is 16.9. The number of halogens is 2. The van der Waals surface area contributed by atoms with Gasteiger partial charge in [0.15, 0.2) is 6.29 Å². The van der Waals surface area contributed by atoms with Crippen LogP contribution in [0.3, 0.4) is 0 Å². The van der Waals surface area contributed by atoms with E-state index in [1.807, 2.05) is 6.20 Å². The van der Waals surface area contributed by atoms with Crippen molar-refractivity contribution in [2.45, 2.75) is 112 Å². The second-order valence-corrected chi connectivity index (χ2v) is 13.6. The number of urea groups is 1. The highest BCUT2D eigenvalue weighted by Gasteiger charge is 2.27. The van der Waals surface area contributed by atoms with Crippen LogP contribution in [0.2, 0.25) is 0 Å². The zero-order chi connectivity index (χ0) is 36.6. The van der Waals surface area contributed by atoms with Gasteiger partial charge >= 0.3 is 6.03 Å². The lowest BCUT2D eigenvalue weighted by molar-refractivity contribution is 0.140. The molecule has 3 aliphatic rings. The third-order valence-corrected chi connectivity index (χ3v) is 9.65. The molecule has 0 aromatic rings. The summed E-state index contributed by atoms with van der Waals surface area (Å²) < 4.78 is 33.4. The molecule has 2 aliphatic carbocycles. The van der Waals surface area contributed by atoms with Crippen LogP contribution in [-0.4, -0.2) is 61.0 Å². The molecule has 1 saturated heterocycles. The maximum Gasteiger partial charge on any atom is 0.320 e. The van der Waals surface area contributed by atoms with Crippen molar-refractivity contribution in [1.82, 2.24) is 20.9 Å². The van der Waals surface area contributed by atoms with Gasteiger partial charge in [-0.3, -0.25) is 4.99 Å². The topological polar surface area (TPSA) is 102 Å². The highest BCUT2D eigenvalue weighted by atomic mass is 19.1. The van der Waals surface area contributed by atoms with Crippen molar-refractivity contribution in [2.75, 3.05) is 26.3 Å². The van der Waals surface area contributed by atoms with Crippen molar-refractivity contribution in [1.29, 1.82) is 5.41 Å². The van der Waals surface area contributed by atoms with Gasteiger partial charge in [-0.05, 0) is 121 Å². The van der Waals surface area contributed by atoms with Gasteiger partial charge in [-0.1, -0.05) is 43.7 Å². The average Bonchev–Trinajstić information content (AvgIpc) is 3.34. The maximum atomic E-state index is 14.4. The number of hydrogen-bond donors (Lipinski definition) is 4. The van der Waals surface area contributed by atoms with Crippen LogP contribution in [0.25, 0.3) is 0 Å². The molecule has 3 rings (SSSR count). The van der Waals surface area contributed by atoms with Crippen molar-refractivity contribution in [3.8, 4) is 0 Å². The first-order valence-corrected chi connectivity index (χ1v) is 18.3. The second-order valence-electron chi connectivity index (χ2n) is 13.6. The van der Waals surface area contributed by atoms with Gasteiger partial charge in [0.05, 0.1) is 12.6 Å². The molecule has 4 atom stereocenters. The van der Waals surface area contributed by atoms with Crippen LogP contribution >= 0.6 is 0 Å². The Bertz CT molecular complexity index is 1410. The van der Waals surface area contributed by atoms with E-state index >= 15 is 0 Å². The van der Waals surface area contributed by atoms with Crippen molar-refractivity contribution in [2.24, 2.45) is 16.8 Å². The summed E-state index contributed by atoms with van der Waals surface area (Å²) in [6.07, 6.45) is 18.4. The molecule has 0 bridgehead atoms. The van der Waals surface area contributed by atoms with E-state index in [1.54, 1.807) is 19.9 Å². The molecule has 50 heavy (non-hydrogen) atoms. The molecule has 0 spiro atoms. The molecular formula is C40H60F2N6O2. The molecule has 8 nitrogen and oxygen atoms in total. The van der Waals surface area contributed by atoms with E-state index in [4.69, 9.17) is 15.1 Å². The Morgan fingerprint density at radius 2 is 1.96 bits per heavy atom. The van der Waals surface area contributed by atoms with Gasteiger partial charge < -0.3 is 31.0 Å². The summed E-state index contributed by atoms with van der Waals surface area (Å²) in [6.45, 7) is 17.0. The zero-order valence-corrected chi connectivity index (χ0v) is 31.1. The lowest BCUT2D eigenvalue weighted by Gasteiger charge is -2.31. The first-order chi connectivity index (χ1) is 23.9. The van der Waals surface area contributed by atoms with Gasteiger partial charge in [-0.2, -0.15) is 0 Å². The number of nitrogens with one attached hydrogen (secondary N) is 4. The average molecular weight is 695 g/mol. The lowest BCUT2D eigenvalue weighted by Crippen LogP contribution is -2.57. The first kappa shape index (κ1) is 40.6. The Morgan fingerprint density at radius 1 is 1.20 bits per heavy atom. The summed E-state index contributed by atoms with van der Waals surface area (Å²) in [5.41, 5.74) is 6.13. The third-order valence-electron chi connectivity index (χ3n) is 9.65. The number of nitrogens with zero attached hydrogens (tertiary/aromatic N) is 2. The van der Waals surface area contributed by atoms with Crippen LogP contribution in [0.1, 0.15) is 99.3 Å². The third kappa shape index (κ3) is 12.8. The van der Waals surface area contributed by atoms with Crippen LogP contribution in [0, 0.1) is 17.2 Å². The summed E-state index contributed by atoms with van der Waals surface area (Å²) in [5, 5.41) is 18.1. The number of amides is 2. The minimum absolute atomic E-state index is 0.00997. The van der Waals surface area contributed by atoms with Crippen LogP contribution in [0.15, 0.2) is 87.8 Å². The number of carbonyl (C=O) groups is 1. The molecule has 1 heterocycles. The molecule has 0 aromatic heterocycles. The highest BCUT2D eigenvalue weighted by Crippen LogP contribution is 2.30. The SMILES string of the molecule is C=C(F)/C=C(F)\C(=C/CCN(CC(C)=N)C(=O)NC(NC=C1CCC1)NC1=CC(/C(C)=C/C)C(=NC(CC)C2CCCOCC2)C=C1C)CC. The summed E-state index contributed by atoms with van der Waals surface area (Å²) in [7, 11) is 0. The van der Waals surface area contributed by atoms with Gasteiger partial charge in [-0.15, -0.1) is 0 Å². The normalized spacial score (nSPS) is 22.4. The maximum absolute atomic E-state index is 14.4. The molecule has 1 saturated carbocycles. The number of allylic oxidation sites excluding steroid dienone is 10. The summed E-state index contributed by atoms with van der Waals surface area (Å²) in [5.74, 6) is -1.03. The van der Waals surface area contributed by atoms with Crippen molar-refractivity contribution in [3.63, 3.8) is 0 Å². The highest BCUT2D eigenvalue weighted by molar-refractivity contribution is 6.02. The number of carbonyl (C=O) groups excluding carboxylic acids is 1. The molecule has 1 aliphatic heterocycles. The van der Waals surface area contributed by atoms with E-state index in [1.165, 1.54) is 16.0 Å². The molecule has 0 radical (unpaired) electrons. The van der Waals surface area contributed by atoms with E-state index in [9.17, 15) is 13.6 Å². The number of rotatable bonds is 17. The number of ether oxygens (including phenoxy) is 1. The van der Waals surface area contributed by atoms with E-state index in [-0.39, 0.29) is 31.1 Å². The molecular weight excluding hydrogens is 634 g/mol. The minimum atomic E-state index is -0.852.